The Hall–Kier alpha value is -2.91. The third kappa shape index (κ3) is 4.15. The lowest BCUT2D eigenvalue weighted by molar-refractivity contribution is -0.135. The first kappa shape index (κ1) is 21.3. The molecule has 2 heterocycles. The Bertz CT molecular complexity index is 1170. The average Bonchev–Trinajstić information content (AvgIpc) is 3.23. The minimum absolute atomic E-state index is 0.0405. The Morgan fingerprint density at radius 2 is 1.74 bits per heavy atom. The van der Waals surface area contributed by atoms with Crippen molar-refractivity contribution >= 4 is 27.0 Å². The lowest BCUT2D eigenvalue weighted by atomic mass is 10.2. The molecule has 1 fully saturated rings. The van der Waals surface area contributed by atoms with Gasteiger partial charge in [0.2, 0.25) is 15.9 Å². The van der Waals surface area contributed by atoms with Gasteiger partial charge in [0.25, 0.3) is 0 Å². The van der Waals surface area contributed by atoms with Crippen molar-refractivity contribution in [3.63, 3.8) is 0 Å². The molecule has 1 unspecified atom stereocenters. The molecule has 1 aliphatic heterocycles. The number of hydrogen-bond donors (Lipinski definition) is 0. The quantitative estimate of drug-likeness (QED) is 0.586. The van der Waals surface area contributed by atoms with E-state index in [4.69, 9.17) is 4.74 Å². The van der Waals surface area contributed by atoms with Gasteiger partial charge in [0.15, 0.2) is 0 Å². The van der Waals surface area contributed by atoms with Crippen molar-refractivity contribution < 1.29 is 17.9 Å². The number of fused-ring (bicyclic) bond motifs is 1. The lowest BCUT2D eigenvalue weighted by Crippen LogP contribution is -2.51. The molecule has 3 aromatic rings. The molecule has 0 aliphatic carbocycles. The third-order valence-electron chi connectivity index (χ3n) is 5.58. The lowest BCUT2D eigenvalue weighted by Gasteiger charge is -2.35. The number of piperazine rings is 1. The second kappa shape index (κ2) is 8.68. The van der Waals surface area contributed by atoms with Gasteiger partial charge in [0, 0.05) is 26.2 Å². The van der Waals surface area contributed by atoms with E-state index in [-0.39, 0.29) is 23.9 Å². The van der Waals surface area contributed by atoms with Crippen LogP contribution in [-0.4, -0.2) is 65.9 Å². The predicted octanol–water partition coefficient (Wildman–Crippen LogP) is 2.53. The van der Waals surface area contributed by atoms with Crippen LogP contribution in [0.1, 0.15) is 19.9 Å². The normalized spacial score (nSPS) is 16.4. The second-order valence-electron chi connectivity index (χ2n) is 7.45. The molecule has 0 saturated carbocycles. The fraction of sp³-hybridized carbons (Fsp3) is 0.364. The number of carbonyl (C=O) groups is 1. The summed E-state index contributed by atoms with van der Waals surface area (Å²) >= 11 is 0. The third-order valence-corrected chi connectivity index (χ3v) is 7.49. The molecule has 1 aromatic heterocycles. The number of benzene rings is 2. The van der Waals surface area contributed by atoms with E-state index < -0.39 is 16.1 Å². The molecule has 2 aromatic carbocycles. The van der Waals surface area contributed by atoms with Crippen LogP contribution < -0.4 is 4.74 Å². The summed E-state index contributed by atoms with van der Waals surface area (Å²) in [6, 6.07) is 13.7. The number of sulfonamides is 1. The van der Waals surface area contributed by atoms with E-state index in [9.17, 15) is 13.2 Å². The van der Waals surface area contributed by atoms with Gasteiger partial charge in [-0.05, 0) is 50.2 Å². The maximum Gasteiger partial charge on any atom is 0.245 e. The van der Waals surface area contributed by atoms with Gasteiger partial charge in [0.1, 0.15) is 11.8 Å². The second-order valence-corrected chi connectivity index (χ2v) is 9.39. The van der Waals surface area contributed by atoms with Crippen LogP contribution >= 0.6 is 0 Å². The van der Waals surface area contributed by atoms with E-state index >= 15 is 0 Å². The molecular weight excluding hydrogens is 416 g/mol. The van der Waals surface area contributed by atoms with Gasteiger partial charge in [-0.15, -0.1) is 0 Å². The summed E-state index contributed by atoms with van der Waals surface area (Å²) in [6.07, 6.45) is 1.68. The van der Waals surface area contributed by atoms with Crippen LogP contribution in [0.2, 0.25) is 0 Å². The van der Waals surface area contributed by atoms with E-state index in [0.717, 1.165) is 11.0 Å². The zero-order valence-corrected chi connectivity index (χ0v) is 18.5. The van der Waals surface area contributed by atoms with Crippen LogP contribution in [-0.2, 0) is 14.8 Å². The number of rotatable bonds is 6. The fourth-order valence-corrected chi connectivity index (χ4v) is 5.26. The van der Waals surface area contributed by atoms with Crippen molar-refractivity contribution in [2.45, 2.75) is 24.8 Å². The average molecular weight is 443 g/mol. The Kier molecular flexibility index (Phi) is 5.97. The molecule has 9 heteroatoms. The molecule has 164 valence electrons. The molecule has 1 saturated heterocycles. The molecular formula is C22H26N4O4S. The number of amides is 1. The topological polar surface area (TPSA) is 84.7 Å². The van der Waals surface area contributed by atoms with E-state index in [0.29, 0.717) is 25.4 Å². The van der Waals surface area contributed by atoms with Gasteiger partial charge < -0.3 is 14.2 Å². The van der Waals surface area contributed by atoms with E-state index in [1.165, 1.54) is 4.31 Å². The number of nitrogens with zero attached hydrogens (tertiary/aromatic N) is 4. The number of aromatic nitrogens is 2. The first-order valence-electron chi connectivity index (χ1n) is 10.3. The smallest absolute Gasteiger partial charge is 0.245 e. The summed E-state index contributed by atoms with van der Waals surface area (Å²) in [5.41, 5.74) is 1.74. The molecule has 1 amide bonds. The number of ether oxygens (including phenoxy) is 1. The summed E-state index contributed by atoms with van der Waals surface area (Å²) in [6.45, 7) is 5.48. The van der Waals surface area contributed by atoms with Crippen LogP contribution in [0.25, 0.3) is 11.0 Å². The summed E-state index contributed by atoms with van der Waals surface area (Å²) < 4.78 is 34.6. The van der Waals surface area contributed by atoms with E-state index in [1.54, 1.807) is 35.5 Å². The van der Waals surface area contributed by atoms with E-state index in [1.807, 2.05) is 42.7 Å². The molecule has 0 radical (unpaired) electrons. The van der Waals surface area contributed by atoms with Crippen molar-refractivity contribution in [3.05, 3.63) is 54.9 Å². The molecule has 4 rings (SSSR count). The van der Waals surface area contributed by atoms with Gasteiger partial charge in [-0.2, -0.15) is 4.31 Å². The highest BCUT2D eigenvalue weighted by Gasteiger charge is 2.32. The van der Waals surface area contributed by atoms with Crippen molar-refractivity contribution in [2.24, 2.45) is 0 Å². The first-order valence-corrected chi connectivity index (χ1v) is 11.8. The molecule has 0 spiro atoms. The summed E-state index contributed by atoms with van der Waals surface area (Å²) in [5.74, 6) is 0.596. The highest BCUT2D eigenvalue weighted by Crippen LogP contribution is 2.23. The van der Waals surface area contributed by atoms with Crippen LogP contribution in [0, 0.1) is 0 Å². The monoisotopic (exact) mass is 442 g/mol. The molecule has 0 bridgehead atoms. The Morgan fingerprint density at radius 3 is 2.42 bits per heavy atom. The van der Waals surface area contributed by atoms with Gasteiger partial charge in [-0.25, -0.2) is 13.4 Å². The molecule has 0 N–H and O–H groups in total. The van der Waals surface area contributed by atoms with E-state index in [2.05, 4.69) is 4.98 Å². The zero-order chi connectivity index (χ0) is 22.0. The van der Waals surface area contributed by atoms with Gasteiger partial charge in [-0.1, -0.05) is 12.1 Å². The molecule has 1 atom stereocenters. The maximum atomic E-state index is 13.1. The van der Waals surface area contributed by atoms with Crippen molar-refractivity contribution in [1.29, 1.82) is 0 Å². The highest BCUT2D eigenvalue weighted by atomic mass is 32.2. The van der Waals surface area contributed by atoms with Gasteiger partial charge in [0.05, 0.1) is 28.9 Å². The number of para-hydroxylation sites is 2. The summed E-state index contributed by atoms with van der Waals surface area (Å²) in [7, 11) is -3.61. The van der Waals surface area contributed by atoms with Crippen LogP contribution in [0.3, 0.4) is 0 Å². The van der Waals surface area contributed by atoms with Crippen molar-refractivity contribution in [1.82, 2.24) is 18.8 Å². The van der Waals surface area contributed by atoms with Gasteiger partial charge in [-0.3, -0.25) is 4.79 Å². The van der Waals surface area contributed by atoms with Crippen molar-refractivity contribution in [2.75, 3.05) is 32.8 Å². The highest BCUT2D eigenvalue weighted by molar-refractivity contribution is 7.89. The summed E-state index contributed by atoms with van der Waals surface area (Å²) in [4.78, 5) is 19.4. The van der Waals surface area contributed by atoms with Crippen LogP contribution in [0.5, 0.6) is 5.75 Å². The Morgan fingerprint density at radius 1 is 1.06 bits per heavy atom. The SMILES string of the molecule is CCOc1ccc(S(=O)(=O)N2CCN(C(=O)C(C)n3cnc4ccccc43)CC2)cc1. The largest absolute Gasteiger partial charge is 0.494 e. The predicted molar refractivity (Wildman–Crippen MR) is 117 cm³/mol. The van der Waals surface area contributed by atoms with Crippen LogP contribution in [0.15, 0.2) is 59.8 Å². The molecule has 1 aliphatic rings. The Balaban J connectivity index is 1.42. The van der Waals surface area contributed by atoms with Crippen molar-refractivity contribution in [3.8, 4) is 5.75 Å². The number of carbonyl (C=O) groups excluding carboxylic acids is 1. The minimum Gasteiger partial charge on any atom is -0.494 e. The standard InChI is InChI=1S/C22H26N4O4S/c1-3-30-18-8-10-19(11-9-18)31(28,29)25-14-12-24(13-15-25)22(27)17(2)26-16-23-20-6-4-5-7-21(20)26/h4-11,16-17H,3,12-15H2,1-2H3. The summed E-state index contributed by atoms with van der Waals surface area (Å²) in [5, 5.41) is 0. The minimum atomic E-state index is -3.61. The fourth-order valence-electron chi connectivity index (χ4n) is 3.84. The first-order chi connectivity index (χ1) is 14.9. The maximum absolute atomic E-state index is 13.1. The molecule has 31 heavy (non-hydrogen) atoms. The Labute approximate surface area is 182 Å². The molecule has 8 nitrogen and oxygen atoms in total. The van der Waals surface area contributed by atoms with Crippen LogP contribution in [0.4, 0.5) is 0 Å². The van der Waals surface area contributed by atoms with Gasteiger partial charge >= 0.3 is 0 Å². The number of imidazole rings is 1. The zero-order valence-electron chi connectivity index (χ0n) is 17.6. The number of hydrogen-bond acceptors (Lipinski definition) is 5.